The monoisotopic (exact) mass is 369 g/mol. The van der Waals surface area contributed by atoms with Crippen molar-refractivity contribution >= 4 is 31.6 Å². The third-order valence-electron chi connectivity index (χ3n) is 2.80. The van der Waals surface area contributed by atoms with E-state index in [-0.39, 0.29) is 4.90 Å². The number of benzene rings is 1. The number of anilines is 1. The average molecular weight is 370 g/mol. The Balaban J connectivity index is 2.24. The Morgan fingerprint density at radius 1 is 1.19 bits per heavy atom. The number of hydrogen-bond acceptors (Lipinski definition) is 4. The van der Waals surface area contributed by atoms with Crippen LogP contribution in [0.25, 0.3) is 0 Å². The van der Waals surface area contributed by atoms with Crippen LogP contribution in [0.3, 0.4) is 0 Å². The van der Waals surface area contributed by atoms with E-state index in [1.807, 2.05) is 13.0 Å². The maximum atomic E-state index is 12.4. The van der Waals surface area contributed by atoms with Gasteiger partial charge in [0.1, 0.15) is 4.90 Å². The van der Waals surface area contributed by atoms with Gasteiger partial charge in [-0.2, -0.15) is 0 Å². The first-order chi connectivity index (χ1) is 10.0. The molecule has 112 valence electrons. The molecule has 0 atom stereocenters. The van der Waals surface area contributed by atoms with Crippen molar-refractivity contribution in [2.45, 2.75) is 18.4 Å². The van der Waals surface area contributed by atoms with E-state index in [0.717, 1.165) is 12.1 Å². The highest BCUT2D eigenvalue weighted by Crippen LogP contribution is 2.25. The smallest absolute Gasteiger partial charge is 0.263 e. The van der Waals surface area contributed by atoms with Crippen LogP contribution in [0.4, 0.5) is 5.69 Å². The van der Waals surface area contributed by atoms with Crippen LogP contribution in [-0.4, -0.2) is 19.9 Å². The lowest BCUT2D eigenvalue weighted by atomic mass is 10.2. The Labute approximate surface area is 133 Å². The van der Waals surface area contributed by atoms with Crippen LogP contribution in [-0.2, 0) is 16.6 Å². The van der Waals surface area contributed by atoms with Crippen LogP contribution in [0.15, 0.2) is 52.1 Å². The summed E-state index contributed by atoms with van der Waals surface area (Å²) in [6.07, 6.45) is 3.07. The zero-order valence-electron chi connectivity index (χ0n) is 11.5. The second-order valence-electron chi connectivity index (χ2n) is 4.39. The van der Waals surface area contributed by atoms with Crippen LogP contribution in [0.5, 0.6) is 0 Å². The molecule has 1 aromatic carbocycles. The van der Waals surface area contributed by atoms with Crippen molar-refractivity contribution in [2.75, 3.05) is 11.3 Å². The van der Waals surface area contributed by atoms with Gasteiger partial charge in [-0.1, -0.05) is 13.0 Å². The lowest BCUT2D eigenvalue weighted by molar-refractivity contribution is 0.600. The molecule has 1 heterocycles. The van der Waals surface area contributed by atoms with E-state index >= 15 is 0 Å². The second kappa shape index (κ2) is 7.02. The van der Waals surface area contributed by atoms with E-state index < -0.39 is 10.0 Å². The molecule has 2 rings (SSSR count). The molecule has 0 saturated carbocycles. The highest BCUT2D eigenvalue weighted by atomic mass is 79.9. The Morgan fingerprint density at radius 3 is 2.52 bits per heavy atom. The van der Waals surface area contributed by atoms with Gasteiger partial charge >= 0.3 is 0 Å². The SMILES string of the molecule is CCNCc1ccc(S(=O)(=O)Nc2ccncc2)c(Br)c1. The highest BCUT2D eigenvalue weighted by molar-refractivity contribution is 9.10. The van der Waals surface area contributed by atoms with E-state index in [4.69, 9.17) is 0 Å². The van der Waals surface area contributed by atoms with Crippen molar-refractivity contribution in [3.63, 3.8) is 0 Å². The van der Waals surface area contributed by atoms with Crippen molar-refractivity contribution in [1.82, 2.24) is 10.3 Å². The number of aromatic nitrogens is 1. The molecular formula is C14H16BrN3O2S. The minimum Gasteiger partial charge on any atom is -0.313 e. The summed E-state index contributed by atoms with van der Waals surface area (Å²) in [7, 11) is -3.63. The van der Waals surface area contributed by atoms with Gasteiger partial charge in [0.25, 0.3) is 10.0 Å². The highest BCUT2D eigenvalue weighted by Gasteiger charge is 2.17. The molecular weight excluding hydrogens is 354 g/mol. The molecule has 0 spiro atoms. The van der Waals surface area contributed by atoms with Gasteiger partial charge in [0.05, 0.1) is 5.69 Å². The van der Waals surface area contributed by atoms with E-state index in [2.05, 4.69) is 31.0 Å². The van der Waals surface area contributed by atoms with E-state index in [1.165, 1.54) is 12.4 Å². The molecule has 0 aliphatic rings. The van der Waals surface area contributed by atoms with Gasteiger partial charge in [-0.25, -0.2) is 8.42 Å². The molecule has 21 heavy (non-hydrogen) atoms. The molecule has 0 saturated heterocycles. The predicted octanol–water partition coefficient (Wildman–Crippen LogP) is 2.75. The summed E-state index contributed by atoms with van der Waals surface area (Å²) < 4.78 is 27.8. The normalized spacial score (nSPS) is 11.3. The van der Waals surface area contributed by atoms with Crippen molar-refractivity contribution in [2.24, 2.45) is 0 Å². The van der Waals surface area contributed by atoms with Crippen molar-refractivity contribution < 1.29 is 8.42 Å². The van der Waals surface area contributed by atoms with Crippen LogP contribution >= 0.6 is 15.9 Å². The molecule has 2 aromatic rings. The minimum atomic E-state index is -3.63. The molecule has 7 heteroatoms. The number of halogens is 1. The van der Waals surface area contributed by atoms with Gasteiger partial charge < -0.3 is 5.32 Å². The number of rotatable bonds is 6. The first kappa shape index (κ1) is 15.9. The number of pyridine rings is 1. The van der Waals surface area contributed by atoms with Crippen molar-refractivity contribution in [1.29, 1.82) is 0 Å². The summed E-state index contributed by atoms with van der Waals surface area (Å²) in [6, 6.07) is 8.41. The molecule has 0 amide bonds. The van der Waals surface area contributed by atoms with Gasteiger partial charge in [0, 0.05) is 23.4 Å². The molecule has 0 fully saturated rings. The minimum absolute atomic E-state index is 0.208. The fourth-order valence-electron chi connectivity index (χ4n) is 1.77. The summed E-state index contributed by atoms with van der Waals surface area (Å²) in [4.78, 5) is 4.06. The van der Waals surface area contributed by atoms with E-state index in [1.54, 1.807) is 24.3 Å². The lowest BCUT2D eigenvalue weighted by Crippen LogP contribution is -2.15. The van der Waals surface area contributed by atoms with Gasteiger partial charge in [-0.05, 0) is 52.3 Å². The molecule has 5 nitrogen and oxygen atoms in total. The number of hydrogen-bond donors (Lipinski definition) is 2. The Bertz CT molecular complexity index is 705. The quantitative estimate of drug-likeness (QED) is 0.820. The number of sulfonamides is 1. The third kappa shape index (κ3) is 4.26. The second-order valence-corrected chi connectivity index (χ2v) is 6.89. The molecule has 1 aromatic heterocycles. The third-order valence-corrected chi connectivity index (χ3v) is 5.16. The first-order valence-corrected chi connectivity index (χ1v) is 8.72. The molecule has 0 radical (unpaired) electrons. The summed E-state index contributed by atoms with van der Waals surface area (Å²) in [6.45, 7) is 3.58. The molecule has 2 N–H and O–H groups in total. The van der Waals surface area contributed by atoms with Gasteiger partial charge in [0.2, 0.25) is 0 Å². The summed E-state index contributed by atoms with van der Waals surface area (Å²) >= 11 is 3.33. The Morgan fingerprint density at radius 2 is 1.90 bits per heavy atom. The van der Waals surface area contributed by atoms with Crippen LogP contribution in [0.2, 0.25) is 0 Å². The van der Waals surface area contributed by atoms with Crippen molar-refractivity contribution in [3.05, 3.63) is 52.8 Å². The van der Waals surface area contributed by atoms with Crippen molar-refractivity contribution in [3.8, 4) is 0 Å². The zero-order valence-corrected chi connectivity index (χ0v) is 13.9. The van der Waals surface area contributed by atoms with Crippen LogP contribution in [0.1, 0.15) is 12.5 Å². The molecule has 0 bridgehead atoms. The fraction of sp³-hybridized carbons (Fsp3) is 0.214. The van der Waals surface area contributed by atoms with Crippen LogP contribution < -0.4 is 10.0 Å². The maximum Gasteiger partial charge on any atom is 0.263 e. The summed E-state index contributed by atoms with van der Waals surface area (Å²) in [5.41, 5.74) is 1.50. The Kier molecular flexibility index (Phi) is 5.33. The standard InChI is InChI=1S/C14H16BrN3O2S/c1-2-16-10-11-3-4-14(13(15)9-11)21(19,20)18-12-5-7-17-8-6-12/h3-9,16H,2,10H2,1H3,(H,17,18). The topological polar surface area (TPSA) is 71.1 Å². The number of nitrogens with one attached hydrogen (secondary N) is 2. The molecule has 0 aliphatic carbocycles. The summed E-state index contributed by atoms with van der Waals surface area (Å²) in [5.74, 6) is 0. The van der Waals surface area contributed by atoms with Gasteiger partial charge in [-0.3, -0.25) is 9.71 Å². The summed E-state index contributed by atoms with van der Waals surface area (Å²) in [5, 5.41) is 3.20. The maximum absolute atomic E-state index is 12.4. The van der Waals surface area contributed by atoms with Gasteiger partial charge in [-0.15, -0.1) is 0 Å². The molecule has 0 unspecified atom stereocenters. The van der Waals surface area contributed by atoms with E-state index in [0.29, 0.717) is 16.7 Å². The Hall–Kier alpha value is -1.44. The number of nitrogens with zero attached hydrogens (tertiary/aromatic N) is 1. The fourth-order valence-corrected chi connectivity index (χ4v) is 3.96. The largest absolute Gasteiger partial charge is 0.313 e. The van der Waals surface area contributed by atoms with E-state index in [9.17, 15) is 8.42 Å². The zero-order chi connectivity index (χ0) is 15.3. The lowest BCUT2D eigenvalue weighted by Gasteiger charge is -2.11. The van der Waals surface area contributed by atoms with Gasteiger partial charge in [0.15, 0.2) is 0 Å². The molecule has 0 aliphatic heterocycles. The first-order valence-electron chi connectivity index (χ1n) is 6.45. The average Bonchev–Trinajstić information content (AvgIpc) is 2.45. The predicted molar refractivity (Wildman–Crippen MR) is 86.6 cm³/mol. The van der Waals surface area contributed by atoms with Crippen LogP contribution in [0, 0.1) is 0 Å².